The molecule has 1 fully saturated rings. The Morgan fingerprint density at radius 1 is 1.20 bits per heavy atom. The predicted octanol–water partition coefficient (Wildman–Crippen LogP) is 2.71. The molecule has 7 heteroatoms. The number of carbonyl (C=O) groups is 1. The van der Waals surface area contributed by atoms with Crippen molar-refractivity contribution in [3.05, 3.63) is 29.8 Å². The highest BCUT2D eigenvalue weighted by molar-refractivity contribution is 5.84. The third-order valence-corrected chi connectivity index (χ3v) is 5.20. The number of hydrogen-bond acceptors (Lipinski definition) is 4. The maximum atomic E-state index is 12.2. The van der Waals surface area contributed by atoms with Crippen LogP contribution in [-0.4, -0.2) is 51.3 Å². The summed E-state index contributed by atoms with van der Waals surface area (Å²) in [6.45, 7) is 11.6. The summed E-state index contributed by atoms with van der Waals surface area (Å²) in [7, 11) is 1.63. The van der Waals surface area contributed by atoms with Gasteiger partial charge in [-0.15, -0.1) is 0 Å². The van der Waals surface area contributed by atoms with Gasteiger partial charge in [0, 0.05) is 32.2 Å². The van der Waals surface area contributed by atoms with Crippen LogP contribution in [-0.2, 0) is 16.1 Å². The molecule has 1 saturated heterocycles. The van der Waals surface area contributed by atoms with Gasteiger partial charge in [0.2, 0.25) is 5.91 Å². The van der Waals surface area contributed by atoms with Crippen LogP contribution in [0.2, 0.25) is 0 Å². The Morgan fingerprint density at radius 3 is 2.57 bits per heavy atom. The molecule has 2 unspecified atom stereocenters. The molecule has 7 nitrogen and oxygen atoms in total. The lowest BCUT2D eigenvalue weighted by molar-refractivity contribution is -0.119. The molecule has 168 valence electrons. The number of nitrogens with zero attached hydrogens (tertiary/aromatic N) is 1. The number of aliphatic imine (C=N–C) groups is 1. The van der Waals surface area contributed by atoms with Crippen LogP contribution in [0.15, 0.2) is 29.3 Å². The Balaban J connectivity index is 1.84. The number of amides is 1. The van der Waals surface area contributed by atoms with E-state index >= 15 is 0 Å². The normalized spacial score (nSPS) is 19.8. The summed E-state index contributed by atoms with van der Waals surface area (Å²) in [5, 5.41) is 9.52. The molecule has 0 aromatic heterocycles. The van der Waals surface area contributed by atoms with Crippen molar-refractivity contribution in [1.82, 2.24) is 16.0 Å². The standard InChI is InChI=1S/C23H38N4O3/c1-6-24-22(26-15-18-8-7-13-30-21(18)23(2,3)4)27-16-20(28)25-14-17-9-11-19(29-5)12-10-17/h9-12,18,21H,6-8,13-16H2,1-5H3,(H,25,28)(H2,24,26,27). The Hall–Kier alpha value is -2.28. The number of benzene rings is 1. The number of nitrogens with one attached hydrogen (secondary N) is 3. The monoisotopic (exact) mass is 418 g/mol. The fourth-order valence-electron chi connectivity index (χ4n) is 3.73. The van der Waals surface area contributed by atoms with E-state index in [1.54, 1.807) is 7.11 Å². The summed E-state index contributed by atoms with van der Waals surface area (Å²) in [5.41, 5.74) is 1.12. The van der Waals surface area contributed by atoms with Crippen LogP contribution in [0.3, 0.4) is 0 Å². The van der Waals surface area contributed by atoms with Gasteiger partial charge in [-0.1, -0.05) is 32.9 Å². The van der Waals surface area contributed by atoms with Gasteiger partial charge < -0.3 is 25.4 Å². The largest absolute Gasteiger partial charge is 0.497 e. The van der Waals surface area contributed by atoms with Gasteiger partial charge in [0.15, 0.2) is 5.96 Å². The van der Waals surface area contributed by atoms with Crippen LogP contribution in [0.25, 0.3) is 0 Å². The lowest BCUT2D eigenvalue weighted by Crippen LogP contribution is -2.47. The van der Waals surface area contributed by atoms with Crippen molar-refractivity contribution in [3.8, 4) is 5.75 Å². The predicted molar refractivity (Wildman–Crippen MR) is 121 cm³/mol. The Bertz CT molecular complexity index is 683. The second kappa shape index (κ2) is 11.8. The Kier molecular flexibility index (Phi) is 9.43. The zero-order valence-corrected chi connectivity index (χ0v) is 19.1. The molecule has 1 aliphatic heterocycles. The van der Waals surface area contributed by atoms with E-state index in [4.69, 9.17) is 9.47 Å². The van der Waals surface area contributed by atoms with E-state index in [0.29, 0.717) is 18.4 Å². The molecule has 0 aliphatic carbocycles. The van der Waals surface area contributed by atoms with Crippen molar-refractivity contribution < 1.29 is 14.3 Å². The molecule has 1 aliphatic rings. The second-order valence-electron chi connectivity index (χ2n) is 8.76. The van der Waals surface area contributed by atoms with E-state index in [-0.39, 0.29) is 24.0 Å². The number of hydrogen-bond donors (Lipinski definition) is 3. The van der Waals surface area contributed by atoms with E-state index < -0.39 is 0 Å². The molecule has 2 atom stereocenters. The Morgan fingerprint density at radius 2 is 1.93 bits per heavy atom. The molecule has 0 saturated carbocycles. The number of ether oxygens (including phenoxy) is 2. The van der Waals surface area contributed by atoms with Crippen molar-refractivity contribution in [2.75, 3.05) is 33.4 Å². The minimum atomic E-state index is -0.114. The molecule has 2 rings (SSSR count). The van der Waals surface area contributed by atoms with Gasteiger partial charge in [-0.25, -0.2) is 4.99 Å². The third kappa shape index (κ3) is 7.86. The minimum absolute atomic E-state index is 0.0787. The van der Waals surface area contributed by atoms with Crippen LogP contribution < -0.4 is 20.7 Å². The van der Waals surface area contributed by atoms with Crippen molar-refractivity contribution in [3.63, 3.8) is 0 Å². The average Bonchev–Trinajstić information content (AvgIpc) is 2.74. The molecule has 0 radical (unpaired) electrons. The van der Waals surface area contributed by atoms with Gasteiger partial charge in [0.25, 0.3) is 0 Å². The van der Waals surface area contributed by atoms with Crippen molar-refractivity contribution in [2.24, 2.45) is 16.3 Å². The van der Waals surface area contributed by atoms with Crippen molar-refractivity contribution >= 4 is 11.9 Å². The summed E-state index contributed by atoms with van der Waals surface area (Å²) >= 11 is 0. The summed E-state index contributed by atoms with van der Waals surface area (Å²) < 4.78 is 11.2. The van der Waals surface area contributed by atoms with Gasteiger partial charge in [0.1, 0.15) is 12.3 Å². The minimum Gasteiger partial charge on any atom is -0.497 e. The molecule has 1 aromatic rings. The van der Waals surface area contributed by atoms with Crippen molar-refractivity contribution in [1.29, 1.82) is 0 Å². The quantitative estimate of drug-likeness (QED) is 0.447. The molecule has 1 amide bonds. The molecular formula is C23H38N4O3. The molecule has 30 heavy (non-hydrogen) atoms. The molecular weight excluding hydrogens is 380 g/mol. The van der Waals surface area contributed by atoms with Gasteiger partial charge in [0.05, 0.1) is 13.2 Å². The van der Waals surface area contributed by atoms with E-state index in [0.717, 1.165) is 43.9 Å². The zero-order chi connectivity index (χ0) is 22.0. The lowest BCUT2D eigenvalue weighted by Gasteiger charge is -2.40. The molecule has 1 aromatic carbocycles. The molecule has 3 N–H and O–H groups in total. The fourth-order valence-corrected chi connectivity index (χ4v) is 3.73. The van der Waals surface area contributed by atoms with Crippen LogP contribution >= 0.6 is 0 Å². The van der Waals surface area contributed by atoms with E-state index in [1.807, 2.05) is 31.2 Å². The molecule has 1 heterocycles. The van der Waals surface area contributed by atoms with Gasteiger partial charge in [-0.05, 0) is 42.9 Å². The number of carbonyl (C=O) groups excluding carboxylic acids is 1. The fraction of sp³-hybridized carbons (Fsp3) is 0.652. The third-order valence-electron chi connectivity index (χ3n) is 5.20. The topological polar surface area (TPSA) is 84.0 Å². The van der Waals surface area contributed by atoms with Crippen LogP contribution in [0.5, 0.6) is 5.75 Å². The Labute approximate surface area is 181 Å². The SMILES string of the molecule is CCNC(=NCC(=O)NCc1ccc(OC)cc1)NCC1CCCOC1C(C)(C)C. The zero-order valence-electron chi connectivity index (χ0n) is 19.1. The maximum Gasteiger partial charge on any atom is 0.242 e. The van der Waals surface area contributed by atoms with Crippen molar-refractivity contribution in [2.45, 2.75) is 53.2 Å². The van der Waals surface area contributed by atoms with Gasteiger partial charge in [-0.3, -0.25) is 4.79 Å². The van der Waals surface area contributed by atoms with Crippen LogP contribution in [0, 0.1) is 11.3 Å². The van der Waals surface area contributed by atoms with E-state index in [9.17, 15) is 4.79 Å². The number of rotatable bonds is 8. The first-order valence-electron chi connectivity index (χ1n) is 10.9. The highest BCUT2D eigenvalue weighted by Gasteiger charge is 2.35. The second-order valence-corrected chi connectivity index (χ2v) is 8.76. The summed E-state index contributed by atoms with van der Waals surface area (Å²) in [6.07, 6.45) is 2.44. The smallest absolute Gasteiger partial charge is 0.242 e. The summed E-state index contributed by atoms with van der Waals surface area (Å²) in [4.78, 5) is 16.7. The lowest BCUT2D eigenvalue weighted by atomic mass is 9.78. The summed E-state index contributed by atoms with van der Waals surface area (Å²) in [5.74, 6) is 1.77. The first-order valence-corrected chi connectivity index (χ1v) is 10.9. The van der Waals surface area contributed by atoms with E-state index in [1.165, 1.54) is 0 Å². The highest BCUT2D eigenvalue weighted by Crippen LogP contribution is 2.33. The summed E-state index contributed by atoms with van der Waals surface area (Å²) in [6, 6.07) is 7.64. The number of methoxy groups -OCH3 is 1. The van der Waals surface area contributed by atoms with Gasteiger partial charge >= 0.3 is 0 Å². The molecule has 0 spiro atoms. The average molecular weight is 419 g/mol. The highest BCUT2D eigenvalue weighted by atomic mass is 16.5. The van der Waals surface area contributed by atoms with Crippen LogP contribution in [0.1, 0.15) is 46.1 Å². The van der Waals surface area contributed by atoms with E-state index in [2.05, 4.69) is 41.7 Å². The maximum absolute atomic E-state index is 12.2. The number of guanidine groups is 1. The first kappa shape index (κ1) is 24.0. The first-order chi connectivity index (χ1) is 14.3. The molecule has 0 bridgehead atoms. The van der Waals surface area contributed by atoms with Crippen LogP contribution in [0.4, 0.5) is 0 Å². The van der Waals surface area contributed by atoms with Gasteiger partial charge in [-0.2, -0.15) is 0 Å².